The lowest BCUT2D eigenvalue weighted by Gasteiger charge is -2.57. The van der Waals surface area contributed by atoms with Gasteiger partial charge in [-0.1, -0.05) is 12.5 Å². The van der Waals surface area contributed by atoms with Crippen LogP contribution in [0.2, 0.25) is 0 Å². The van der Waals surface area contributed by atoms with Crippen LogP contribution in [0.15, 0.2) is 34.5 Å². The van der Waals surface area contributed by atoms with E-state index >= 15 is 0 Å². The molecule has 5 heteroatoms. The monoisotopic (exact) mass is 428 g/mol. The van der Waals surface area contributed by atoms with Gasteiger partial charge >= 0.3 is 5.97 Å². The summed E-state index contributed by atoms with van der Waals surface area (Å²) in [5.74, 6) is 2.17. The minimum atomic E-state index is -0.590. The maximum Gasteiger partial charge on any atom is 0.335 e. The molecule has 0 amide bonds. The van der Waals surface area contributed by atoms with E-state index in [9.17, 15) is 4.79 Å². The van der Waals surface area contributed by atoms with E-state index in [4.69, 9.17) is 18.6 Å². The summed E-state index contributed by atoms with van der Waals surface area (Å²) < 4.78 is 24.4. The molecule has 2 heterocycles. The first-order valence-corrected chi connectivity index (χ1v) is 11.3. The molecule has 5 atom stereocenters. The van der Waals surface area contributed by atoms with E-state index in [0.29, 0.717) is 18.4 Å². The van der Waals surface area contributed by atoms with Gasteiger partial charge < -0.3 is 18.6 Å². The molecule has 170 valence electrons. The van der Waals surface area contributed by atoms with Gasteiger partial charge in [0.1, 0.15) is 11.5 Å². The molecule has 1 aliphatic heterocycles. The van der Waals surface area contributed by atoms with Gasteiger partial charge in [-0.2, -0.15) is 0 Å². The largest absolute Gasteiger partial charge is 0.463 e. The predicted octanol–water partition coefficient (Wildman–Crippen LogP) is 5.78. The number of methoxy groups -OCH3 is 1. The second-order valence-corrected chi connectivity index (χ2v) is 10.7. The zero-order valence-electron chi connectivity index (χ0n) is 19.9. The molecule has 5 nitrogen and oxygen atoms in total. The van der Waals surface area contributed by atoms with Crippen molar-refractivity contribution in [3.8, 4) is 0 Å². The smallest absolute Gasteiger partial charge is 0.335 e. The first-order chi connectivity index (χ1) is 14.5. The quantitative estimate of drug-likeness (QED) is 0.346. The molecule has 2 fully saturated rings. The highest BCUT2D eigenvalue weighted by Gasteiger charge is 2.63. The highest BCUT2D eigenvalue weighted by molar-refractivity contribution is 5.83. The minimum Gasteiger partial charge on any atom is -0.463 e. The van der Waals surface area contributed by atoms with E-state index in [1.807, 2.05) is 26.8 Å². The molecule has 2 aliphatic carbocycles. The van der Waals surface area contributed by atoms with Gasteiger partial charge in [0, 0.05) is 30.6 Å². The summed E-state index contributed by atoms with van der Waals surface area (Å²) in [7, 11) is 1.78. The number of carbonyl (C=O) groups is 1. The Hall–Kier alpha value is -1.85. The van der Waals surface area contributed by atoms with Crippen LogP contribution in [-0.4, -0.2) is 25.3 Å². The van der Waals surface area contributed by atoms with Gasteiger partial charge in [-0.25, -0.2) is 4.79 Å². The van der Waals surface area contributed by atoms with Crippen LogP contribution in [0, 0.1) is 24.2 Å². The Morgan fingerprint density at radius 3 is 2.65 bits per heavy atom. The van der Waals surface area contributed by atoms with Crippen LogP contribution in [0.4, 0.5) is 0 Å². The number of hydrogen-bond donors (Lipinski definition) is 0. The third-order valence-electron chi connectivity index (χ3n) is 7.93. The van der Waals surface area contributed by atoms with Gasteiger partial charge in [-0.15, -0.1) is 0 Å². The van der Waals surface area contributed by atoms with Crippen molar-refractivity contribution in [2.24, 2.45) is 17.3 Å². The number of carbonyl (C=O) groups excluding carboxylic acids is 1. The molecule has 2 bridgehead atoms. The summed E-state index contributed by atoms with van der Waals surface area (Å²) >= 11 is 0. The number of ether oxygens (including phenoxy) is 3. The maximum atomic E-state index is 12.0. The Morgan fingerprint density at radius 1 is 1.23 bits per heavy atom. The van der Waals surface area contributed by atoms with Crippen molar-refractivity contribution in [2.75, 3.05) is 13.7 Å². The van der Waals surface area contributed by atoms with Crippen LogP contribution in [0.1, 0.15) is 76.9 Å². The lowest BCUT2D eigenvalue weighted by Crippen LogP contribution is -2.59. The number of rotatable bonds is 4. The maximum absolute atomic E-state index is 12.0. The van der Waals surface area contributed by atoms with Gasteiger partial charge in [0.2, 0.25) is 0 Å². The fraction of sp³-hybridized carbons (Fsp3) is 0.654. The van der Waals surface area contributed by atoms with Crippen molar-refractivity contribution in [2.45, 2.75) is 77.9 Å². The summed E-state index contributed by atoms with van der Waals surface area (Å²) in [5, 5.41) is 0. The molecule has 1 aromatic heterocycles. The average Bonchev–Trinajstić information content (AvgIpc) is 3.04. The molecule has 3 aliphatic rings. The zero-order chi connectivity index (χ0) is 22.6. The van der Waals surface area contributed by atoms with Crippen molar-refractivity contribution < 1.29 is 23.4 Å². The first-order valence-electron chi connectivity index (χ1n) is 11.3. The normalized spacial score (nSPS) is 35.9. The molecular weight excluding hydrogens is 392 g/mol. The van der Waals surface area contributed by atoms with Gasteiger partial charge in [-0.05, 0) is 77.4 Å². The Balaban J connectivity index is 1.79. The number of furan rings is 1. The summed E-state index contributed by atoms with van der Waals surface area (Å²) in [6, 6.07) is 2.13. The van der Waals surface area contributed by atoms with E-state index in [1.54, 1.807) is 13.4 Å². The van der Waals surface area contributed by atoms with E-state index in [2.05, 4.69) is 26.8 Å². The molecule has 0 N–H and O–H groups in total. The van der Waals surface area contributed by atoms with E-state index in [-0.39, 0.29) is 22.9 Å². The Kier molecular flexibility index (Phi) is 5.50. The van der Waals surface area contributed by atoms with Gasteiger partial charge in [0.25, 0.3) is 0 Å². The molecule has 1 unspecified atom stereocenters. The lowest BCUT2D eigenvalue weighted by molar-refractivity contribution is -0.256. The third-order valence-corrected chi connectivity index (χ3v) is 7.93. The van der Waals surface area contributed by atoms with Crippen molar-refractivity contribution in [3.63, 3.8) is 0 Å². The Labute approximate surface area is 185 Å². The number of aryl methyl sites for hydroxylation is 1. The fourth-order valence-electron chi connectivity index (χ4n) is 6.34. The van der Waals surface area contributed by atoms with Crippen molar-refractivity contribution in [1.29, 1.82) is 0 Å². The van der Waals surface area contributed by atoms with Gasteiger partial charge in [0.05, 0.1) is 18.5 Å². The van der Waals surface area contributed by atoms with E-state index in [1.165, 1.54) is 6.08 Å². The van der Waals surface area contributed by atoms with Crippen LogP contribution in [0.5, 0.6) is 0 Å². The molecule has 4 rings (SSSR count). The Bertz CT molecular complexity index is 918. The summed E-state index contributed by atoms with van der Waals surface area (Å²) in [4.78, 5) is 12.0. The molecule has 31 heavy (non-hydrogen) atoms. The van der Waals surface area contributed by atoms with Crippen molar-refractivity contribution >= 4 is 5.97 Å². The van der Waals surface area contributed by atoms with Crippen LogP contribution >= 0.6 is 0 Å². The van der Waals surface area contributed by atoms with Crippen LogP contribution < -0.4 is 0 Å². The van der Waals surface area contributed by atoms with Crippen LogP contribution in [0.3, 0.4) is 0 Å². The number of fused-ring (bicyclic) bond motifs is 3. The molecule has 1 aromatic rings. The minimum absolute atomic E-state index is 0.0132. The first kappa shape index (κ1) is 22.3. The second-order valence-electron chi connectivity index (χ2n) is 10.7. The van der Waals surface area contributed by atoms with E-state index in [0.717, 1.165) is 41.9 Å². The van der Waals surface area contributed by atoms with Crippen LogP contribution in [-0.2, 0) is 24.6 Å². The third kappa shape index (κ3) is 3.60. The Morgan fingerprint density at radius 2 is 1.97 bits per heavy atom. The lowest BCUT2D eigenvalue weighted by atomic mass is 9.55. The summed E-state index contributed by atoms with van der Waals surface area (Å²) in [6.45, 7) is 13.0. The standard InChI is InChI=1S/C26H36O5/c1-16(2)12-22(27)29-11-9-19-18-13-17(3)31-23(18)26(28-7)15-30-24(4,5)20-8-10-25(19,6)14-21(20)26/h9,11-13,19-21H,8,10,14-15H2,1-7H3/b11-9+/t19-,20+,21?,25-,26-/m0/s1. The average molecular weight is 429 g/mol. The highest BCUT2D eigenvalue weighted by Crippen LogP contribution is 2.64. The molecular formula is C26H36O5. The molecule has 1 saturated carbocycles. The number of esters is 1. The summed E-state index contributed by atoms with van der Waals surface area (Å²) in [5.41, 5.74) is 1.28. The van der Waals surface area contributed by atoms with Gasteiger partial charge in [-0.3, -0.25) is 0 Å². The number of hydrogen-bond acceptors (Lipinski definition) is 5. The molecule has 0 spiro atoms. The zero-order valence-corrected chi connectivity index (χ0v) is 19.9. The predicted molar refractivity (Wildman–Crippen MR) is 119 cm³/mol. The molecule has 0 aromatic carbocycles. The fourth-order valence-corrected chi connectivity index (χ4v) is 6.34. The van der Waals surface area contributed by atoms with E-state index < -0.39 is 5.60 Å². The topological polar surface area (TPSA) is 57.9 Å². The second kappa shape index (κ2) is 7.63. The molecule has 1 saturated heterocycles. The highest BCUT2D eigenvalue weighted by atomic mass is 16.6. The number of allylic oxidation sites excluding steroid dienone is 2. The molecule has 0 radical (unpaired) electrons. The van der Waals surface area contributed by atoms with Gasteiger partial charge in [0.15, 0.2) is 5.60 Å². The van der Waals surface area contributed by atoms with Crippen molar-refractivity contribution in [1.82, 2.24) is 0 Å². The SMILES string of the molecule is CO[C@@]12COC(C)(C)[C@@H]3CC[C@@](C)(CC31)[C@@H](/C=C/OC(=O)C=C(C)C)c1cc(C)oc12. The van der Waals surface area contributed by atoms with Crippen LogP contribution in [0.25, 0.3) is 0 Å². The summed E-state index contributed by atoms with van der Waals surface area (Å²) in [6.07, 6.45) is 8.26. The van der Waals surface area contributed by atoms with Crippen molar-refractivity contribution in [3.05, 3.63) is 47.1 Å².